The van der Waals surface area contributed by atoms with Crippen LogP contribution in [-0.2, 0) is 9.47 Å². The molecule has 1 aliphatic rings. The molecule has 1 heterocycles. The molecule has 4 nitrogen and oxygen atoms in total. The molecule has 0 aromatic carbocycles. The van der Waals surface area contributed by atoms with Crippen molar-refractivity contribution in [3.63, 3.8) is 0 Å². The molecule has 0 radical (unpaired) electrons. The van der Waals surface area contributed by atoms with Crippen LogP contribution in [0, 0.1) is 5.92 Å². The van der Waals surface area contributed by atoms with E-state index in [1.165, 1.54) is 0 Å². The molecule has 1 fully saturated rings. The Morgan fingerprint density at radius 2 is 2.07 bits per heavy atom. The van der Waals surface area contributed by atoms with E-state index in [4.69, 9.17) is 9.47 Å². The average molecular weight is 201 g/mol. The molecule has 4 heteroatoms. The highest BCUT2D eigenvalue weighted by Crippen LogP contribution is 2.08. The van der Waals surface area contributed by atoms with E-state index in [-0.39, 0.29) is 6.10 Å². The number of nitrogens with one attached hydrogen (secondary N) is 1. The number of piperidine rings is 1. The first-order valence-electron chi connectivity index (χ1n) is 5.22. The number of carbonyl (C=O) groups excluding carboxylic acids is 1. The summed E-state index contributed by atoms with van der Waals surface area (Å²) in [4.78, 5) is 11.2. The van der Waals surface area contributed by atoms with Gasteiger partial charge in [0.25, 0.3) is 0 Å². The molecule has 0 atom stereocenters. The highest BCUT2D eigenvalue weighted by atomic mass is 16.7. The largest absolute Gasteiger partial charge is 0.508 e. The molecule has 14 heavy (non-hydrogen) atoms. The molecule has 1 rings (SSSR count). The molecule has 1 N–H and O–H groups in total. The molecule has 0 spiro atoms. The maximum Gasteiger partial charge on any atom is 0.508 e. The van der Waals surface area contributed by atoms with Crippen LogP contribution in [-0.4, -0.2) is 32.0 Å². The van der Waals surface area contributed by atoms with Gasteiger partial charge in [-0.05, 0) is 31.8 Å². The van der Waals surface area contributed by atoms with Crippen molar-refractivity contribution >= 4 is 6.16 Å². The number of carbonyl (C=O) groups is 1. The van der Waals surface area contributed by atoms with E-state index in [1.807, 2.05) is 13.8 Å². The summed E-state index contributed by atoms with van der Waals surface area (Å²) in [6.07, 6.45) is 1.29. The van der Waals surface area contributed by atoms with Gasteiger partial charge in [-0.2, -0.15) is 0 Å². The summed E-state index contributed by atoms with van der Waals surface area (Å²) >= 11 is 0. The lowest BCUT2D eigenvalue weighted by atomic mass is 10.1. The Morgan fingerprint density at radius 1 is 1.43 bits per heavy atom. The van der Waals surface area contributed by atoms with E-state index in [9.17, 15) is 4.79 Å². The number of hydrogen-bond donors (Lipinski definition) is 1. The summed E-state index contributed by atoms with van der Waals surface area (Å²) in [6.45, 7) is 6.27. The first kappa shape index (κ1) is 11.3. The van der Waals surface area contributed by atoms with Crippen LogP contribution in [0.15, 0.2) is 0 Å². The van der Waals surface area contributed by atoms with Gasteiger partial charge in [0.15, 0.2) is 0 Å². The van der Waals surface area contributed by atoms with Gasteiger partial charge in [-0.25, -0.2) is 4.79 Å². The number of ether oxygens (including phenoxy) is 2. The third-order valence-corrected chi connectivity index (χ3v) is 2.08. The molecule has 0 unspecified atom stereocenters. The van der Waals surface area contributed by atoms with Gasteiger partial charge in [-0.3, -0.25) is 0 Å². The lowest BCUT2D eigenvalue weighted by Gasteiger charge is -2.22. The summed E-state index contributed by atoms with van der Waals surface area (Å²) in [5.74, 6) is 0.357. The van der Waals surface area contributed by atoms with Gasteiger partial charge in [0.2, 0.25) is 0 Å². The van der Waals surface area contributed by atoms with Crippen molar-refractivity contribution in [2.45, 2.75) is 32.8 Å². The van der Waals surface area contributed by atoms with Crippen molar-refractivity contribution in [1.82, 2.24) is 5.32 Å². The molecular formula is C10H19NO3. The minimum absolute atomic E-state index is 0.0379. The van der Waals surface area contributed by atoms with Crippen molar-refractivity contribution in [3.05, 3.63) is 0 Å². The van der Waals surface area contributed by atoms with E-state index in [1.54, 1.807) is 0 Å². The zero-order valence-electron chi connectivity index (χ0n) is 8.91. The summed E-state index contributed by atoms with van der Waals surface area (Å²) in [6, 6.07) is 0. The molecule has 0 aromatic rings. The minimum atomic E-state index is -0.523. The standard InChI is InChI=1S/C10H19NO3/c1-8(2)7-13-10(12)14-9-3-5-11-6-4-9/h8-9,11H,3-7H2,1-2H3. The SMILES string of the molecule is CC(C)COC(=O)OC1CCNCC1. The fourth-order valence-corrected chi connectivity index (χ4v) is 1.32. The molecule has 1 aliphatic heterocycles. The lowest BCUT2D eigenvalue weighted by molar-refractivity contribution is 0.00859. The Bertz CT molecular complexity index is 176. The Kier molecular flexibility index (Phi) is 4.73. The second-order valence-corrected chi connectivity index (χ2v) is 4.02. The molecule has 82 valence electrons. The third kappa shape index (κ3) is 4.46. The summed E-state index contributed by atoms with van der Waals surface area (Å²) in [5, 5.41) is 3.21. The van der Waals surface area contributed by atoms with Crippen LogP contribution in [0.5, 0.6) is 0 Å². The Labute approximate surface area is 85.0 Å². The predicted octanol–water partition coefficient (Wildman–Crippen LogP) is 1.55. The second-order valence-electron chi connectivity index (χ2n) is 4.02. The zero-order valence-corrected chi connectivity index (χ0v) is 8.91. The van der Waals surface area contributed by atoms with Gasteiger partial charge in [0, 0.05) is 0 Å². The first-order valence-corrected chi connectivity index (χ1v) is 5.22. The Morgan fingerprint density at radius 3 is 2.64 bits per heavy atom. The summed E-state index contributed by atoms with van der Waals surface area (Å²) < 4.78 is 10.1. The van der Waals surface area contributed by atoms with Crippen LogP contribution >= 0.6 is 0 Å². The maximum atomic E-state index is 11.2. The monoisotopic (exact) mass is 201 g/mol. The number of hydrogen-bond acceptors (Lipinski definition) is 4. The first-order chi connectivity index (χ1) is 6.68. The van der Waals surface area contributed by atoms with E-state index in [0.717, 1.165) is 25.9 Å². The third-order valence-electron chi connectivity index (χ3n) is 2.08. The predicted molar refractivity (Wildman–Crippen MR) is 53.2 cm³/mol. The van der Waals surface area contributed by atoms with Crippen LogP contribution in [0.2, 0.25) is 0 Å². The minimum Gasteiger partial charge on any atom is -0.434 e. The van der Waals surface area contributed by atoms with Gasteiger partial charge in [0.05, 0.1) is 6.61 Å². The van der Waals surface area contributed by atoms with Gasteiger partial charge < -0.3 is 14.8 Å². The molecule has 0 aromatic heterocycles. The van der Waals surface area contributed by atoms with Gasteiger partial charge >= 0.3 is 6.16 Å². The molecule has 1 saturated heterocycles. The molecule has 0 bridgehead atoms. The van der Waals surface area contributed by atoms with Crippen LogP contribution in [0.25, 0.3) is 0 Å². The van der Waals surface area contributed by atoms with Crippen LogP contribution in [0.1, 0.15) is 26.7 Å². The average Bonchev–Trinajstić information content (AvgIpc) is 2.16. The van der Waals surface area contributed by atoms with Crippen LogP contribution < -0.4 is 5.32 Å². The van der Waals surface area contributed by atoms with Crippen molar-refractivity contribution < 1.29 is 14.3 Å². The van der Waals surface area contributed by atoms with Crippen LogP contribution in [0.3, 0.4) is 0 Å². The fraction of sp³-hybridized carbons (Fsp3) is 0.900. The van der Waals surface area contributed by atoms with Gasteiger partial charge in [0.1, 0.15) is 6.10 Å². The second kappa shape index (κ2) is 5.86. The smallest absolute Gasteiger partial charge is 0.434 e. The highest BCUT2D eigenvalue weighted by Gasteiger charge is 2.18. The van der Waals surface area contributed by atoms with Crippen molar-refractivity contribution in [2.75, 3.05) is 19.7 Å². The van der Waals surface area contributed by atoms with Gasteiger partial charge in [-0.1, -0.05) is 13.8 Å². The fourth-order valence-electron chi connectivity index (χ4n) is 1.32. The highest BCUT2D eigenvalue weighted by molar-refractivity contribution is 5.60. The summed E-state index contributed by atoms with van der Waals surface area (Å²) in [5.41, 5.74) is 0. The van der Waals surface area contributed by atoms with Crippen molar-refractivity contribution in [3.8, 4) is 0 Å². The maximum absolute atomic E-state index is 11.2. The summed E-state index contributed by atoms with van der Waals surface area (Å²) in [7, 11) is 0. The molecular weight excluding hydrogens is 182 g/mol. The molecule has 0 saturated carbocycles. The quantitative estimate of drug-likeness (QED) is 0.704. The van der Waals surface area contributed by atoms with E-state index < -0.39 is 6.16 Å². The van der Waals surface area contributed by atoms with E-state index in [2.05, 4.69) is 5.32 Å². The topological polar surface area (TPSA) is 47.6 Å². The molecule has 0 aliphatic carbocycles. The number of rotatable bonds is 3. The lowest BCUT2D eigenvalue weighted by Crippen LogP contribution is -2.34. The van der Waals surface area contributed by atoms with E-state index in [0.29, 0.717) is 12.5 Å². The Balaban J connectivity index is 2.12. The Hall–Kier alpha value is -0.770. The zero-order chi connectivity index (χ0) is 10.4. The van der Waals surface area contributed by atoms with E-state index >= 15 is 0 Å². The van der Waals surface area contributed by atoms with Crippen molar-refractivity contribution in [1.29, 1.82) is 0 Å². The molecule has 0 amide bonds. The van der Waals surface area contributed by atoms with Crippen LogP contribution in [0.4, 0.5) is 4.79 Å². The normalized spacial score (nSPS) is 18.2. The van der Waals surface area contributed by atoms with Crippen molar-refractivity contribution in [2.24, 2.45) is 5.92 Å². The van der Waals surface area contributed by atoms with Gasteiger partial charge in [-0.15, -0.1) is 0 Å².